The number of para-hydroxylation sites is 1. The lowest BCUT2D eigenvalue weighted by atomic mass is 9.77. The number of rotatable bonds is 5. The Kier molecular flexibility index (Phi) is 6.17. The highest BCUT2D eigenvalue weighted by molar-refractivity contribution is 6.12. The smallest absolute Gasteiger partial charge is 0.0519 e. The zero-order chi connectivity index (χ0) is 29.9. The average Bonchev–Trinajstić information content (AvgIpc) is 3.05. The molecule has 0 N–H and O–H groups in total. The minimum atomic E-state index is 0.463. The fraction of sp³-hybridized carbons (Fsp3) is 0.116. The van der Waals surface area contributed by atoms with Crippen LogP contribution in [0.3, 0.4) is 0 Å². The summed E-state index contributed by atoms with van der Waals surface area (Å²) in [6.07, 6.45) is 0. The minimum absolute atomic E-state index is 0.463. The van der Waals surface area contributed by atoms with Gasteiger partial charge in [-0.1, -0.05) is 92.7 Å². The standard InChI is InChI=1S/C43H35N/c1-27(2)31-14-9-15-37(21-31)44(43-28(3)10-8-11-29(43)4)38-19-18-34-24-40-39-23-33-17-16-32(30-12-6-5-7-13-30)20-35(33)25-41(39)42(40)26-36(34)22-38/h5-27H,1-4H3. The van der Waals surface area contributed by atoms with Crippen LogP contribution in [0, 0.1) is 13.8 Å². The fourth-order valence-electron chi connectivity index (χ4n) is 6.95. The Morgan fingerprint density at radius 2 is 1.00 bits per heavy atom. The second-order valence-corrected chi connectivity index (χ2v) is 12.6. The molecule has 0 spiro atoms. The quantitative estimate of drug-likeness (QED) is 0.201. The van der Waals surface area contributed by atoms with Crippen molar-refractivity contribution in [3.63, 3.8) is 0 Å². The first-order valence-corrected chi connectivity index (χ1v) is 15.6. The molecule has 0 aliphatic heterocycles. The number of fused-ring (bicyclic) bond motifs is 6. The maximum Gasteiger partial charge on any atom is 0.0519 e. The topological polar surface area (TPSA) is 3.24 Å². The molecule has 0 fully saturated rings. The summed E-state index contributed by atoms with van der Waals surface area (Å²) in [6, 6.07) is 49.6. The Hall–Kier alpha value is -5.14. The lowest BCUT2D eigenvalue weighted by Gasteiger charge is -2.30. The van der Waals surface area contributed by atoms with Gasteiger partial charge in [0, 0.05) is 11.4 Å². The van der Waals surface area contributed by atoms with Gasteiger partial charge >= 0.3 is 0 Å². The summed E-state index contributed by atoms with van der Waals surface area (Å²) in [5.74, 6) is 0.463. The Balaban J connectivity index is 1.25. The molecule has 1 nitrogen and oxygen atoms in total. The van der Waals surface area contributed by atoms with Gasteiger partial charge in [-0.25, -0.2) is 0 Å². The van der Waals surface area contributed by atoms with E-state index >= 15 is 0 Å². The van der Waals surface area contributed by atoms with Crippen molar-refractivity contribution in [3.05, 3.63) is 150 Å². The summed E-state index contributed by atoms with van der Waals surface area (Å²) < 4.78 is 0. The summed E-state index contributed by atoms with van der Waals surface area (Å²) in [4.78, 5) is 2.45. The molecule has 1 aliphatic rings. The van der Waals surface area contributed by atoms with Crippen LogP contribution in [0.15, 0.2) is 133 Å². The van der Waals surface area contributed by atoms with E-state index in [1.807, 2.05) is 0 Å². The first kappa shape index (κ1) is 26.5. The van der Waals surface area contributed by atoms with Crippen LogP contribution in [0.2, 0.25) is 0 Å². The zero-order valence-electron chi connectivity index (χ0n) is 25.7. The van der Waals surface area contributed by atoms with E-state index in [0.29, 0.717) is 5.92 Å². The molecule has 0 saturated heterocycles. The van der Waals surface area contributed by atoms with Gasteiger partial charge in [-0.15, -0.1) is 0 Å². The van der Waals surface area contributed by atoms with E-state index in [4.69, 9.17) is 0 Å². The number of hydrogen-bond donors (Lipinski definition) is 0. The van der Waals surface area contributed by atoms with Crippen LogP contribution in [0.4, 0.5) is 17.1 Å². The predicted octanol–water partition coefficient (Wildman–Crippen LogP) is 12.5. The average molecular weight is 566 g/mol. The van der Waals surface area contributed by atoms with E-state index in [2.05, 4.69) is 166 Å². The van der Waals surface area contributed by atoms with E-state index in [-0.39, 0.29) is 0 Å². The van der Waals surface area contributed by atoms with Crippen LogP contribution in [-0.4, -0.2) is 0 Å². The molecule has 0 amide bonds. The first-order chi connectivity index (χ1) is 21.4. The van der Waals surface area contributed by atoms with Gasteiger partial charge in [-0.2, -0.15) is 0 Å². The van der Waals surface area contributed by atoms with Crippen LogP contribution < -0.4 is 4.90 Å². The van der Waals surface area contributed by atoms with Gasteiger partial charge in [0.2, 0.25) is 0 Å². The molecule has 0 radical (unpaired) electrons. The Bertz CT molecular complexity index is 2200. The molecule has 0 heterocycles. The molecule has 0 aromatic heterocycles. The van der Waals surface area contributed by atoms with Crippen molar-refractivity contribution in [2.45, 2.75) is 33.6 Å². The molecular weight excluding hydrogens is 530 g/mol. The lowest BCUT2D eigenvalue weighted by Crippen LogP contribution is -2.13. The van der Waals surface area contributed by atoms with Crippen molar-refractivity contribution in [1.82, 2.24) is 0 Å². The monoisotopic (exact) mass is 565 g/mol. The van der Waals surface area contributed by atoms with Crippen molar-refractivity contribution in [2.75, 3.05) is 4.90 Å². The van der Waals surface area contributed by atoms with Gasteiger partial charge in [0.25, 0.3) is 0 Å². The predicted molar refractivity (Wildman–Crippen MR) is 190 cm³/mol. The second kappa shape index (κ2) is 10.2. The van der Waals surface area contributed by atoms with E-state index in [1.54, 1.807) is 0 Å². The number of hydrogen-bond acceptors (Lipinski definition) is 1. The highest BCUT2D eigenvalue weighted by Crippen LogP contribution is 2.51. The highest BCUT2D eigenvalue weighted by atomic mass is 15.1. The van der Waals surface area contributed by atoms with Gasteiger partial charge in [-0.05, 0) is 146 Å². The van der Waals surface area contributed by atoms with E-state index in [1.165, 1.54) is 88.7 Å². The molecule has 7 aromatic rings. The minimum Gasteiger partial charge on any atom is -0.310 e. The molecule has 1 heteroatoms. The molecule has 8 rings (SSSR count). The van der Waals surface area contributed by atoms with Crippen LogP contribution >= 0.6 is 0 Å². The Morgan fingerprint density at radius 1 is 0.432 bits per heavy atom. The van der Waals surface area contributed by atoms with Gasteiger partial charge in [0.1, 0.15) is 0 Å². The Labute approximate surface area is 260 Å². The second-order valence-electron chi connectivity index (χ2n) is 12.6. The van der Waals surface area contributed by atoms with Gasteiger partial charge < -0.3 is 4.90 Å². The highest BCUT2D eigenvalue weighted by Gasteiger charge is 2.25. The SMILES string of the molecule is Cc1cccc(C)c1N(c1cccc(C(C)C)c1)c1ccc2cc3c(cc2c1)-c1cc2cc(-c4ccccc4)ccc2cc1-3. The van der Waals surface area contributed by atoms with Crippen molar-refractivity contribution < 1.29 is 0 Å². The van der Waals surface area contributed by atoms with E-state index in [0.717, 1.165) is 0 Å². The van der Waals surface area contributed by atoms with E-state index in [9.17, 15) is 0 Å². The van der Waals surface area contributed by atoms with Crippen molar-refractivity contribution in [1.29, 1.82) is 0 Å². The van der Waals surface area contributed by atoms with Crippen LogP contribution in [0.5, 0.6) is 0 Å². The fourth-order valence-corrected chi connectivity index (χ4v) is 6.95. The van der Waals surface area contributed by atoms with Crippen LogP contribution in [-0.2, 0) is 0 Å². The molecule has 7 aromatic carbocycles. The number of anilines is 3. The molecule has 0 atom stereocenters. The zero-order valence-corrected chi connectivity index (χ0v) is 25.7. The van der Waals surface area contributed by atoms with Crippen LogP contribution in [0.25, 0.3) is 54.9 Å². The third-order valence-corrected chi connectivity index (χ3v) is 9.34. The normalized spacial score (nSPS) is 11.8. The first-order valence-electron chi connectivity index (χ1n) is 15.6. The molecule has 0 saturated carbocycles. The largest absolute Gasteiger partial charge is 0.310 e. The van der Waals surface area contributed by atoms with E-state index < -0.39 is 0 Å². The molecule has 44 heavy (non-hydrogen) atoms. The number of benzene rings is 7. The Morgan fingerprint density at radius 3 is 1.66 bits per heavy atom. The summed E-state index contributed by atoms with van der Waals surface area (Å²) in [7, 11) is 0. The molecule has 0 unspecified atom stereocenters. The molecule has 212 valence electrons. The number of nitrogens with zero attached hydrogens (tertiary/aromatic N) is 1. The summed E-state index contributed by atoms with van der Waals surface area (Å²) in [6.45, 7) is 8.96. The van der Waals surface area contributed by atoms with Crippen molar-refractivity contribution >= 4 is 38.6 Å². The van der Waals surface area contributed by atoms with Crippen molar-refractivity contribution in [3.8, 4) is 33.4 Å². The molecule has 0 bridgehead atoms. The van der Waals surface area contributed by atoms with Gasteiger partial charge in [0.15, 0.2) is 0 Å². The maximum absolute atomic E-state index is 2.45. The lowest BCUT2D eigenvalue weighted by molar-refractivity contribution is 0.866. The van der Waals surface area contributed by atoms with Crippen molar-refractivity contribution in [2.24, 2.45) is 0 Å². The summed E-state index contributed by atoms with van der Waals surface area (Å²) >= 11 is 0. The van der Waals surface area contributed by atoms with Gasteiger partial charge in [0.05, 0.1) is 5.69 Å². The summed E-state index contributed by atoms with van der Waals surface area (Å²) in [5.41, 5.74) is 15.4. The third-order valence-electron chi connectivity index (χ3n) is 9.34. The molecule has 1 aliphatic carbocycles. The molecular formula is C43H35N. The third kappa shape index (κ3) is 4.31. The summed E-state index contributed by atoms with van der Waals surface area (Å²) in [5, 5.41) is 5.12. The number of aryl methyl sites for hydroxylation is 2. The maximum atomic E-state index is 2.45. The van der Waals surface area contributed by atoms with Gasteiger partial charge in [-0.3, -0.25) is 0 Å². The van der Waals surface area contributed by atoms with Crippen LogP contribution in [0.1, 0.15) is 36.5 Å².